The molecule has 1 aliphatic heterocycles. The number of anilines is 1. The van der Waals surface area contributed by atoms with Crippen molar-refractivity contribution in [2.45, 2.75) is 13.3 Å². The first-order valence-electron chi connectivity index (χ1n) is 10.9. The van der Waals surface area contributed by atoms with Gasteiger partial charge in [0, 0.05) is 43.3 Å². The summed E-state index contributed by atoms with van der Waals surface area (Å²) in [6, 6.07) is 11.2. The molecule has 8 nitrogen and oxygen atoms in total. The van der Waals surface area contributed by atoms with Gasteiger partial charge in [-0.3, -0.25) is 4.79 Å². The third-order valence-corrected chi connectivity index (χ3v) is 6.32. The van der Waals surface area contributed by atoms with E-state index in [1.807, 2.05) is 40.6 Å². The molecule has 4 rings (SSSR count). The highest BCUT2D eigenvalue weighted by molar-refractivity contribution is 7.13. The van der Waals surface area contributed by atoms with Gasteiger partial charge in [0.05, 0.1) is 19.3 Å². The lowest BCUT2D eigenvalue weighted by Crippen LogP contribution is -2.35. The van der Waals surface area contributed by atoms with E-state index in [4.69, 9.17) is 9.47 Å². The standard InChI is InChI=1S/C24H26N4O4S/c1-3-32-24(30)18-7-10-21(25-15-18)27-11-4-12-28(14-13-27)23(29)20-16-33-22(26-20)17-5-8-19(31-2)9-6-17/h5-10,15-16H,3-4,11-14H2,1-2H3. The minimum atomic E-state index is -0.374. The summed E-state index contributed by atoms with van der Waals surface area (Å²) in [6.45, 7) is 4.78. The van der Waals surface area contributed by atoms with Crippen molar-refractivity contribution < 1.29 is 19.1 Å². The molecule has 0 bridgehead atoms. The number of pyridine rings is 1. The van der Waals surface area contributed by atoms with Crippen molar-refractivity contribution >= 4 is 29.0 Å². The summed E-state index contributed by atoms with van der Waals surface area (Å²) in [6.07, 6.45) is 2.36. The van der Waals surface area contributed by atoms with Crippen LogP contribution in [0.1, 0.15) is 34.2 Å². The van der Waals surface area contributed by atoms with Gasteiger partial charge in [0.15, 0.2) is 0 Å². The van der Waals surface area contributed by atoms with Gasteiger partial charge in [-0.15, -0.1) is 11.3 Å². The van der Waals surface area contributed by atoms with E-state index in [0.29, 0.717) is 37.5 Å². The van der Waals surface area contributed by atoms with Crippen LogP contribution in [-0.4, -0.2) is 66.6 Å². The first-order chi connectivity index (χ1) is 16.1. The van der Waals surface area contributed by atoms with Gasteiger partial charge in [0.25, 0.3) is 5.91 Å². The summed E-state index contributed by atoms with van der Waals surface area (Å²) in [5.74, 6) is 1.14. The van der Waals surface area contributed by atoms with E-state index >= 15 is 0 Å². The average molecular weight is 467 g/mol. The minimum absolute atomic E-state index is 0.0570. The summed E-state index contributed by atoms with van der Waals surface area (Å²) in [5.41, 5.74) is 1.86. The molecule has 0 unspecified atom stereocenters. The molecule has 0 atom stereocenters. The molecule has 0 saturated carbocycles. The van der Waals surface area contributed by atoms with E-state index in [2.05, 4.69) is 14.9 Å². The van der Waals surface area contributed by atoms with Crippen molar-refractivity contribution in [2.75, 3.05) is 44.8 Å². The van der Waals surface area contributed by atoms with Gasteiger partial charge in [0.2, 0.25) is 0 Å². The number of hydrogen-bond acceptors (Lipinski definition) is 8. The largest absolute Gasteiger partial charge is 0.497 e. The third kappa shape index (κ3) is 5.31. The number of benzene rings is 1. The molecule has 0 radical (unpaired) electrons. The Bertz CT molecular complexity index is 1100. The SMILES string of the molecule is CCOC(=O)c1ccc(N2CCCN(C(=O)c3csc(-c4ccc(OC)cc4)n3)CC2)nc1. The van der Waals surface area contributed by atoms with Crippen LogP contribution in [0.2, 0.25) is 0 Å². The highest BCUT2D eigenvalue weighted by Gasteiger charge is 2.23. The maximum atomic E-state index is 13.1. The maximum absolute atomic E-state index is 13.1. The highest BCUT2D eigenvalue weighted by atomic mass is 32.1. The van der Waals surface area contributed by atoms with Gasteiger partial charge in [0.1, 0.15) is 22.3 Å². The molecule has 3 heterocycles. The Morgan fingerprint density at radius 3 is 2.58 bits per heavy atom. The van der Waals surface area contributed by atoms with E-state index in [9.17, 15) is 9.59 Å². The van der Waals surface area contributed by atoms with Crippen LogP contribution >= 0.6 is 11.3 Å². The number of ether oxygens (including phenoxy) is 2. The molecule has 0 aliphatic carbocycles. The van der Waals surface area contributed by atoms with E-state index in [1.165, 1.54) is 17.5 Å². The maximum Gasteiger partial charge on any atom is 0.339 e. The molecule has 2 aromatic heterocycles. The van der Waals surface area contributed by atoms with Crippen LogP contribution < -0.4 is 9.64 Å². The van der Waals surface area contributed by atoms with E-state index in [1.54, 1.807) is 20.1 Å². The van der Waals surface area contributed by atoms with Gasteiger partial charge in [-0.1, -0.05) is 0 Å². The topological polar surface area (TPSA) is 84.9 Å². The summed E-state index contributed by atoms with van der Waals surface area (Å²) < 4.78 is 10.2. The summed E-state index contributed by atoms with van der Waals surface area (Å²) in [5, 5.41) is 2.63. The van der Waals surface area contributed by atoms with Crippen LogP contribution in [0.25, 0.3) is 10.6 Å². The molecule has 3 aromatic rings. The van der Waals surface area contributed by atoms with Gasteiger partial charge in [-0.2, -0.15) is 0 Å². The van der Waals surface area contributed by atoms with Crippen LogP contribution in [0.3, 0.4) is 0 Å². The van der Waals surface area contributed by atoms with Crippen LogP contribution in [0, 0.1) is 0 Å². The van der Waals surface area contributed by atoms with Crippen LogP contribution in [0.4, 0.5) is 5.82 Å². The normalized spacial score (nSPS) is 14.0. The molecular weight excluding hydrogens is 440 g/mol. The average Bonchev–Trinajstić information content (AvgIpc) is 3.22. The fourth-order valence-corrected chi connectivity index (χ4v) is 4.46. The molecule has 172 valence electrons. The van der Waals surface area contributed by atoms with Crippen LogP contribution in [-0.2, 0) is 4.74 Å². The van der Waals surface area contributed by atoms with Crippen LogP contribution in [0.5, 0.6) is 5.75 Å². The van der Waals surface area contributed by atoms with E-state index < -0.39 is 0 Å². The van der Waals surface area contributed by atoms with E-state index in [-0.39, 0.29) is 11.9 Å². The molecule has 1 aromatic carbocycles. The van der Waals surface area contributed by atoms with Gasteiger partial charge in [-0.25, -0.2) is 14.8 Å². The van der Waals surface area contributed by atoms with Crippen molar-refractivity contribution in [1.29, 1.82) is 0 Å². The summed E-state index contributed by atoms with van der Waals surface area (Å²) in [4.78, 5) is 37.9. The molecule has 0 spiro atoms. The number of aromatic nitrogens is 2. The molecule has 33 heavy (non-hydrogen) atoms. The fourth-order valence-electron chi connectivity index (χ4n) is 3.66. The van der Waals surface area contributed by atoms with Gasteiger partial charge < -0.3 is 19.3 Å². The Morgan fingerprint density at radius 2 is 1.88 bits per heavy atom. The van der Waals surface area contributed by atoms with Crippen molar-refractivity contribution in [2.24, 2.45) is 0 Å². The number of nitrogens with zero attached hydrogens (tertiary/aromatic N) is 4. The molecule has 1 saturated heterocycles. The number of carbonyl (C=O) groups is 2. The zero-order valence-electron chi connectivity index (χ0n) is 18.7. The number of amides is 1. The lowest BCUT2D eigenvalue weighted by atomic mass is 10.2. The smallest absolute Gasteiger partial charge is 0.339 e. The van der Waals surface area contributed by atoms with Crippen LogP contribution in [0.15, 0.2) is 48.0 Å². The number of hydrogen-bond donors (Lipinski definition) is 0. The third-order valence-electron chi connectivity index (χ3n) is 5.43. The zero-order valence-corrected chi connectivity index (χ0v) is 19.5. The molecule has 9 heteroatoms. The first kappa shape index (κ1) is 22.7. The molecule has 0 N–H and O–H groups in total. The van der Waals surface area contributed by atoms with Gasteiger partial charge in [-0.05, 0) is 49.7 Å². The molecular formula is C24H26N4O4S. The van der Waals surface area contributed by atoms with E-state index in [0.717, 1.165) is 35.1 Å². The number of methoxy groups -OCH3 is 1. The van der Waals surface area contributed by atoms with Crippen molar-refractivity contribution in [3.63, 3.8) is 0 Å². The Hall–Kier alpha value is -3.46. The predicted octanol–water partition coefficient (Wildman–Crippen LogP) is 3.74. The fraction of sp³-hybridized carbons (Fsp3) is 0.333. The number of thiazole rings is 1. The monoisotopic (exact) mass is 466 g/mol. The minimum Gasteiger partial charge on any atom is -0.497 e. The van der Waals surface area contributed by atoms with Crippen molar-refractivity contribution in [1.82, 2.24) is 14.9 Å². The number of rotatable bonds is 6. The Balaban J connectivity index is 1.39. The Morgan fingerprint density at radius 1 is 1.06 bits per heavy atom. The second-order valence-corrected chi connectivity index (χ2v) is 8.38. The summed E-state index contributed by atoms with van der Waals surface area (Å²) >= 11 is 1.46. The molecule has 1 aliphatic rings. The van der Waals surface area contributed by atoms with Gasteiger partial charge >= 0.3 is 5.97 Å². The number of carbonyl (C=O) groups excluding carboxylic acids is 2. The Kier molecular flexibility index (Phi) is 7.19. The Labute approximate surface area is 196 Å². The lowest BCUT2D eigenvalue weighted by Gasteiger charge is -2.22. The van der Waals surface area contributed by atoms with Crippen molar-refractivity contribution in [3.05, 3.63) is 59.2 Å². The zero-order chi connectivity index (χ0) is 23.2. The second kappa shape index (κ2) is 10.4. The second-order valence-electron chi connectivity index (χ2n) is 7.52. The first-order valence-corrected chi connectivity index (χ1v) is 11.7. The van der Waals surface area contributed by atoms with Crippen molar-refractivity contribution in [3.8, 4) is 16.3 Å². The predicted molar refractivity (Wildman–Crippen MR) is 127 cm³/mol. The quantitative estimate of drug-likeness (QED) is 0.512. The lowest BCUT2D eigenvalue weighted by molar-refractivity contribution is 0.0525. The molecule has 1 amide bonds. The number of esters is 1. The molecule has 1 fully saturated rings. The summed E-state index contributed by atoms with van der Waals surface area (Å²) in [7, 11) is 1.63. The highest BCUT2D eigenvalue weighted by Crippen LogP contribution is 2.26.